The molecule has 1 unspecified atom stereocenters. The second-order valence-corrected chi connectivity index (χ2v) is 6.40. The van der Waals surface area contributed by atoms with Crippen molar-refractivity contribution in [1.82, 2.24) is 14.9 Å². The summed E-state index contributed by atoms with van der Waals surface area (Å²) in [6, 6.07) is 11.3. The van der Waals surface area contributed by atoms with E-state index in [1.54, 1.807) is 18.3 Å². The lowest BCUT2D eigenvalue weighted by atomic mass is 9.97. The fraction of sp³-hybridized carbons (Fsp3) is 0.350. The molecule has 0 aliphatic carbocycles. The molecule has 26 heavy (non-hydrogen) atoms. The van der Waals surface area contributed by atoms with Gasteiger partial charge in [-0.15, -0.1) is 0 Å². The summed E-state index contributed by atoms with van der Waals surface area (Å²) < 4.78 is 11.4. The summed E-state index contributed by atoms with van der Waals surface area (Å²) in [5.41, 5.74) is 2.15. The third kappa shape index (κ3) is 3.14. The van der Waals surface area contributed by atoms with Gasteiger partial charge in [0.25, 0.3) is 5.91 Å². The van der Waals surface area contributed by atoms with E-state index in [4.69, 9.17) is 9.15 Å². The van der Waals surface area contributed by atoms with Crippen LogP contribution in [0.15, 0.2) is 47.0 Å². The molecule has 0 N–H and O–H groups in total. The Balaban J connectivity index is 1.56. The van der Waals surface area contributed by atoms with Crippen LogP contribution in [-0.4, -0.2) is 40.5 Å². The van der Waals surface area contributed by atoms with E-state index in [9.17, 15) is 4.79 Å². The Morgan fingerprint density at radius 3 is 3.04 bits per heavy atom. The van der Waals surface area contributed by atoms with E-state index in [1.807, 2.05) is 36.1 Å². The highest BCUT2D eigenvalue weighted by atomic mass is 16.5. The fourth-order valence-corrected chi connectivity index (χ4v) is 3.40. The zero-order valence-corrected chi connectivity index (χ0v) is 14.7. The molecule has 3 heterocycles. The van der Waals surface area contributed by atoms with E-state index in [0.29, 0.717) is 30.5 Å². The van der Waals surface area contributed by atoms with Gasteiger partial charge in [0.05, 0.1) is 12.5 Å². The molecule has 1 fully saturated rings. The van der Waals surface area contributed by atoms with Crippen molar-refractivity contribution in [2.24, 2.45) is 0 Å². The Morgan fingerprint density at radius 2 is 2.19 bits per heavy atom. The van der Waals surface area contributed by atoms with Crippen molar-refractivity contribution in [3.63, 3.8) is 0 Å². The van der Waals surface area contributed by atoms with Crippen LogP contribution in [-0.2, 0) is 0 Å². The average Bonchev–Trinajstić information content (AvgIpc) is 3.13. The second-order valence-electron chi connectivity index (χ2n) is 6.40. The number of carbonyl (C=O) groups is 1. The summed E-state index contributed by atoms with van der Waals surface area (Å²) in [4.78, 5) is 23.6. The number of nitrogens with zero attached hydrogens (tertiary/aromatic N) is 3. The van der Waals surface area contributed by atoms with Crippen molar-refractivity contribution in [2.45, 2.75) is 25.7 Å². The highest BCUT2D eigenvalue weighted by molar-refractivity contribution is 5.96. The van der Waals surface area contributed by atoms with E-state index in [-0.39, 0.29) is 11.8 Å². The molecular formula is C20H21N3O3. The molecule has 0 saturated carbocycles. The van der Waals surface area contributed by atoms with Gasteiger partial charge in [-0.05, 0) is 44.0 Å². The van der Waals surface area contributed by atoms with E-state index in [1.165, 1.54) is 0 Å². The van der Waals surface area contributed by atoms with Crippen LogP contribution in [0.25, 0.3) is 11.1 Å². The highest BCUT2D eigenvalue weighted by Crippen LogP contribution is 2.30. The van der Waals surface area contributed by atoms with Crippen molar-refractivity contribution < 1.29 is 13.9 Å². The standard InChI is InChI=1S/C20H21N3O3/c1-2-25-19-15(8-5-11-21-19)20(24)23-12-6-7-14(13-23)18-22-16-9-3-4-10-17(16)26-18/h3-5,8-11,14H,2,6-7,12-13H2,1H3. The van der Waals surface area contributed by atoms with Gasteiger partial charge in [0.15, 0.2) is 11.5 Å². The maximum absolute atomic E-state index is 13.0. The minimum atomic E-state index is -0.0534. The normalized spacial score (nSPS) is 17.4. The molecule has 1 amide bonds. The van der Waals surface area contributed by atoms with Crippen molar-refractivity contribution in [3.8, 4) is 5.88 Å². The molecule has 6 heteroatoms. The maximum atomic E-state index is 13.0. The van der Waals surface area contributed by atoms with Gasteiger partial charge in [-0.25, -0.2) is 9.97 Å². The first kappa shape index (κ1) is 16.6. The number of hydrogen-bond acceptors (Lipinski definition) is 5. The number of carbonyl (C=O) groups excluding carboxylic acids is 1. The minimum Gasteiger partial charge on any atom is -0.477 e. The molecule has 134 valence electrons. The van der Waals surface area contributed by atoms with Gasteiger partial charge in [-0.2, -0.15) is 0 Å². The van der Waals surface area contributed by atoms with Gasteiger partial charge < -0.3 is 14.1 Å². The van der Waals surface area contributed by atoms with Crippen LogP contribution in [0.5, 0.6) is 5.88 Å². The SMILES string of the molecule is CCOc1ncccc1C(=O)N1CCCC(c2nc3ccccc3o2)C1. The largest absolute Gasteiger partial charge is 0.477 e. The van der Waals surface area contributed by atoms with Gasteiger partial charge >= 0.3 is 0 Å². The second kappa shape index (κ2) is 7.15. The van der Waals surface area contributed by atoms with Gasteiger partial charge in [0.1, 0.15) is 11.1 Å². The molecule has 4 rings (SSSR count). The van der Waals surface area contributed by atoms with E-state index in [0.717, 1.165) is 30.5 Å². The molecule has 0 spiro atoms. The molecule has 1 aromatic carbocycles. The van der Waals surface area contributed by atoms with Crippen molar-refractivity contribution in [3.05, 3.63) is 54.0 Å². The van der Waals surface area contributed by atoms with E-state index in [2.05, 4.69) is 9.97 Å². The summed E-state index contributed by atoms with van der Waals surface area (Å²) >= 11 is 0. The number of hydrogen-bond donors (Lipinski definition) is 0. The van der Waals surface area contributed by atoms with E-state index < -0.39 is 0 Å². The van der Waals surface area contributed by atoms with Crippen LogP contribution in [0.1, 0.15) is 41.9 Å². The van der Waals surface area contributed by atoms with Crippen molar-refractivity contribution in [1.29, 1.82) is 0 Å². The topological polar surface area (TPSA) is 68.5 Å². The molecule has 0 radical (unpaired) electrons. The molecule has 3 aromatic rings. The number of ether oxygens (including phenoxy) is 1. The first-order valence-electron chi connectivity index (χ1n) is 8.99. The van der Waals surface area contributed by atoms with Crippen LogP contribution in [0.4, 0.5) is 0 Å². The first-order valence-corrected chi connectivity index (χ1v) is 8.99. The van der Waals surface area contributed by atoms with Crippen molar-refractivity contribution >= 4 is 17.0 Å². The molecule has 1 aliphatic rings. The third-order valence-corrected chi connectivity index (χ3v) is 4.65. The zero-order chi connectivity index (χ0) is 17.9. The summed E-state index contributed by atoms with van der Waals surface area (Å²) in [6.45, 7) is 3.66. The lowest BCUT2D eigenvalue weighted by molar-refractivity contribution is 0.0694. The molecule has 2 aromatic heterocycles. The summed E-state index contributed by atoms with van der Waals surface area (Å²) in [5.74, 6) is 1.15. The highest BCUT2D eigenvalue weighted by Gasteiger charge is 2.30. The maximum Gasteiger partial charge on any atom is 0.259 e. The number of benzene rings is 1. The number of aromatic nitrogens is 2. The van der Waals surface area contributed by atoms with Crippen LogP contribution in [0, 0.1) is 0 Å². The number of para-hydroxylation sites is 2. The van der Waals surface area contributed by atoms with Gasteiger partial charge in [-0.3, -0.25) is 4.79 Å². The van der Waals surface area contributed by atoms with E-state index >= 15 is 0 Å². The Kier molecular flexibility index (Phi) is 4.56. The Labute approximate surface area is 151 Å². The average molecular weight is 351 g/mol. The summed E-state index contributed by atoms with van der Waals surface area (Å²) in [6.07, 6.45) is 3.51. The summed E-state index contributed by atoms with van der Waals surface area (Å²) in [5, 5.41) is 0. The number of fused-ring (bicyclic) bond motifs is 1. The van der Waals surface area contributed by atoms with Crippen LogP contribution in [0.2, 0.25) is 0 Å². The molecule has 1 aliphatic heterocycles. The molecule has 1 atom stereocenters. The van der Waals surface area contributed by atoms with Crippen molar-refractivity contribution in [2.75, 3.05) is 19.7 Å². The molecule has 1 saturated heterocycles. The lowest BCUT2D eigenvalue weighted by Gasteiger charge is -2.31. The van der Waals surface area contributed by atoms with Gasteiger partial charge in [0, 0.05) is 19.3 Å². The minimum absolute atomic E-state index is 0.0534. The monoisotopic (exact) mass is 351 g/mol. The molecular weight excluding hydrogens is 330 g/mol. The third-order valence-electron chi connectivity index (χ3n) is 4.65. The van der Waals surface area contributed by atoms with Crippen LogP contribution < -0.4 is 4.74 Å². The zero-order valence-electron chi connectivity index (χ0n) is 14.7. The number of likely N-dealkylation sites (tertiary alicyclic amines) is 1. The molecule has 0 bridgehead atoms. The number of rotatable bonds is 4. The Bertz CT molecular complexity index is 888. The van der Waals surface area contributed by atoms with Gasteiger partial charge in [0.2, 0.25) is 5.88 Å². The predicted molar refractivity (Wildman–Crippen MR) is 97.3 cm³/mol. The smallest absolute Gasteiger partial charge is 0.259 e. The molecule has 6 nitrogen and oxygen atoms in total. The summed E-state index contributed by atoms with van der Waals surface area (Å²) in [7, 11) is 0. The fourth-order valence-electron chi connectivity index (χ4n) is 3.40. The van der Waals surface area contributed by atoms with Gasteiger partial charge in [-0.1, -0.05) is 12.1 Å². The Morgan fingerprint density at radius 1 is 1.31 bits per heavy atom. The van der Waals surface area contributed by atoms with Crippen LogP contribution >= 0.6 is 0 Å². The predicted octanol–water partition coefficient (Wildman–Crippen LogP) is 3.64. The number of pyridine rings is 1. The first-order chi connectivity index (χ1) is 12.8. The van der Waals surface area contributed by atoms with Crippen LogP contribution in [0.3, 0.4) is 0 Å². The number of piperidine rings is 1. The number of amides is 1. The lowest BCUT2D eigenvalue weighted by Crippen LogP contribution is -2.39. The Hall–Kier alpha value is -2.89. The number of oxazole rings is 1. The quantitative estimate of drug-likeness (QED) is 0.718.